The average Bonchev–Trinajstić information content (AvgIpc) is 2.98. The number of hydrogen-bond donors (Lipinski definition) is 1. The largest absolute Gasteiger partial charge is 0.412 e. The van der Waals surface area contributed by atoms with E-state index in [0.717, 1.165) is 9.54 Å². The second-order valence-electron chi connectivity index (χ2n) is 8.42. The van der Waals surface area contributed by atoms with Crippen molar-refractivity contribution in [3.8, 4) is 5.75 Å². The van der Waals surface area contributed by atoms with Gasteiger partial charge in [0.25, 0.3) is 10.0 Å². The summed E-state index contributed by atoms with van der Waals surface area (Å²) in [6, 6.07) is 11.4. The van der Waals surface area contributed by atoms with Gasteiger partial charge in [0.05, 0.1) is 16.6 Å². The fraction of sp³-hybridized carbons (Fsp3) is 0.318. The molecule has 0 saturated heterocycles. The molecule has 6 nitrogen and oxygen atoms in total. The van der Waals surface area contributed by atoms with Gasteiger partial charge in [-0.25, -0.2) is 17.2 Å². The summed E-state index contributed by atoms with van der Waals surface area (Å²) in [7, 11) is -3.92. The Morgan fingerprint density at radius 2 is 1.73 bits per heavy atom. The summed E-state index contributed by atoms with van der Waals surface area (Å²) in [4.78, 5) is 12.2. The molecule has 2 aromatic carbocycles. The molecule has 30 heavy (non-hydrogen) atoms. The fourth-order valence-corrected chi connectivity index (χ4v) is 4.56. The number of benzene rings is 2. The van der Waals surface area contributed by atoms with Gasteiger partial charge < -0.3 is 10.1 Å². The minimum atomic E-state index is -3.92. The van der Waals surface area contributed by atoms with Crippen LogP contribution in [-0.4, -0.2) is 24.5 Å². The Kier molecular flexibility index (Phi) is 5.89. The molecule has 1 N–H and O–H groups in total. The van der Waals surface area contributed by atoms with E-state index in [1.54, 1.807) is 44.2 Å². The van der Waals surface area contributed by atoms with Crippen molar-refractivity contribution in [1.29, 1.82) is 0 Å². The molecule has 1 amide bonds. The van der Waals surface area contributed by atoms with Crippen molar-refractivity contribution in [3.63, 3.8) is 0 Å². The van der Waals surface area contributed by atoms with Crippen LogP contribution in [0, 0.1) is 0 Å². The number of amides is 1. The lowest BCUT2D eigenvalue weighted by Gasteiger charge is -2.19. The SMILES string of the molecule is CC(C)NC(=O)Oc1cn(S(=O)(=O)c2ccc(C(C)(C)C)cc2)c2ccc(Cl)cc12. The minimum absolute atomic E-state index is 0.0933. The number of nitrogens with zero attached hydrogens (tertiary/aromatic N) is 1. The molecule has 3 aromatic rings. The van der Waals surface area contributed by atoms with Gasteiger partial charge in [0.1, 0.15) is 0 Å². The lowest BCUT2D eigenvalue weighted by molar-refractivity contribution is 0.198. The van der Waals surface area contributed by atoms with Crippen LogP contribution in [0.4, 0.5) is 4.79 Å². The summed E-state index contributed by atoms with van der Waals surface area (Å²) in [5.74, 6) is 0.112. The maximum absolute atomic E-state index is 13.3. The number of aromatic nitrogens is 1. The van der Waals surface area contributed by atoms with Crippen molar-refractivity contribution < 1.29 is 17.9 Å². The lowest BCUT2D eigenvalue weighted by atomic mass is 9.87. The molecule has 1 aromatic heterocycles. The number of halogens is 1. The smallest absolute Gasteiger partial charge is 0.408 e. The predicted octanol–water partition coefficient (Wildman–Crippen LogP) is 5.33. The van der Waals surface area contributed by atoms with Crippen LogP contribution < -0.4 is 10.1 Å². The monoisotopic (exact) mass is 448 g/mol. The molecule has 8 heteroatoms. The fourth-order valence-electron chi connectivity index (χ4n) is 3.03. The molecule has 0 fully saturated rings. The maximum Gasteiger partial charge on any atom is 0.412 e. The van der Waals surface area contributed by atoms with Gasteiger partial charge in [-0.15, -0.1) is 0 Å². The predicted molar refractivity (Wildman–Crippen MR) is 119 cm³/mol. The van der Waals surface area contributed by atoms with E-state index >= 15 is 0 Å². The van der Waals surface area contributed by atoms with E-state index < -0.39 is 16.1 Å². The average molecular weight is 449 g/mol. The Bertz CT molecular complexity index is 1190. The Hall–Kier alpha value is -2.51. The highest BCUT2D eigenvalue weighted by atomic mass is 35.5. The number of fused-ring (bicyclic) bond motifs is 1. The van der Waals surface area contributed by atoms with Gasteiger partial charge in [-0.05, 0) is 55.2 Å². The molecule has 0 radical (unpaired) electrons. The van der Waals surface area contributed by atoms with Gasteiger partial charge in [0, 0.05) is 16.5 Å². The van der Waals surface area contributed by atoms with Crippen molar-refractivity contribution in [3.05, 3.63) is 59.2 Å². The van der Waals surface area contributed by atoms with Crippen molar-refractivity contribution in [1.82, 2.24) is 9.29 Å². The number of hydrogen-bond acceptors (Lipinski definition) is 4. The van der Waals surface area contributed by atoms with E-state index in [9.17, 15) is 13.2 Å². The van der Waals surface area contributed by atoms with Crippen molar-refractivity contribution in [2.45, 2.75) is 51.0 Å². The van der Waals surface area contributed by atoms with Crippen molar-refractivity contribution in [2.75, 3.05) is 0 Å². The summed E-state index contributed by atoms with van der Waals surface area (Å²) in [6.07, 6.45) is 0.629. The summed E-state index contributed by atoms with van der Waals surface area (Å²) >= 11 is 6.10. The summed E-state index contributed by atoms with van der Waals surface area (Å²) in [6.45, 7) is 9.78. The van der Waals surface area contributed by atoms with E-state index in [2.05, 4.69) is 26.1 Å². The highest BCUT2D eigenvalue weighted by molar-refractivity contribution is 7.90. The summed E-state index contributed by atoms with van der Waals surface area (Å²) in [5, 5.41) is 3.45. The van der Waals surface area contributed by atoms with E-state index in [0.29, 0.717) is 15.9 Å². The Morgan fingerprint density at radius 3 is 2.30 bits per heavy atom. The zero-order valence-electron chi connectivity index (χ0n) is 17.6. The molecule has 0 aliphatic carbocycles. The maximum atomic E-state index is 13.3. The van der Waals surface area contributed by atoms with E-state index in [-0.39, 0.29) is 22.1 Å². The van der Waals surface area contributed by atoms with E-state index in [1.165, 1.54) is 6.20 Å². The van der Waals surface area contributed by atoms with Crippen LogP contribution in [0.15, 0.2) is 53.6 Å². The lowest BCUT2D eigenvalue weighted by Crippen LogP contribution is -2.32. The Morgan fingerprint density at radius 1 is 1.10 bits per heavy atom. The zero-order chi connectivity index (χ0) is 22.3. The van der Waals surface area contributed by atoms with Gasteiger partial charge in [-0.1, -0.05) is 44.5 Å². The second kappa shape index (κ2) is 7.96. The third-order valence-electron chi connectivity index (χ3n) is 4.58. The molecule has 0 aliphatic rings. The van der Waals surface area contributed by atoms with Gasteiger partial charge in [0.2, 0.25) is 0 Å². The molecule has 3 rings (SSSR count). The number of ether oxygens (including phenoxy) is 1. The number of rotatable bonds is 4. The van der Waals surface area contributed by atoms with Crippen LogP contribution in [-0.2, 0) is 15.4 Å². The molecule has 0 unspecified atom stereocenters. The molecule has 0 aliphatic heterocycles. The highest BCUT2D eigenvalue weighted by Crippen LogP contribution is 2.34. The standard InChI is InChI=1S/C22H25ClN2O4S/c1-14(2)24-21(26)29-20-13-25(19-11-8-16(23)12-18(19)20)30(27,28)17-9-6-15(7-10-17)22(3,4)5/h6-14H,1-5H3,(H,24,26). The minimum Gasteiger partial charge on any atom is -0.408 e. The zero-order valence-corrected chi connectivity index (χ0v) is 19.1. The van der Waals surface area contributed by atoms with Crippen LogP contribution in [0.5, 0.6) is 5.75 Å². The first-order valence-corrected chi connectivity index (χ1v) is 11.4. The van der Waals surface area contributed by atoms with Crippen molar-refractivity contribution >= 4 is 38.6 Å². The molecule has 0 spiro atoms. The van der Waals surface area contributed by atoms with Gasteiger partial charge >= 0.3 is 6.09 Å². The third kappa shape index (κ3) is 4.47. The van der Waals surface area contributed by atoms with Crippen LogP contribution >= 0.6 is 11.6 Å². The van der Waals surface area contributed by atoms with Crippen LogP contribution in [0.1, 0.15) is 40.2 Å². The van der Waals surface area contributed by atoms with Gasteiger partial charge in [-0.2, -0.15) is 0 Å². The summed E-state index contributed by atoms with van der Waals surface area (Å²) in [5.41, 5.74) is 1.30. The van der Waals surface area contributed by atoms with Gasteiger partial charge in [0.15, 0.2) is 5.75 Å². The van der Waals surface area contributed by atoms with Gasteiger partial charge in [-0.3, -0.25) is 0 Å². The molecule has 1 heterocycles. The Balaban J connectivity index is 2.09. The molecule has 0 atom stereocenters. The Labute approximate surface area is 181 Å². The van der Waals surface area contributed by atoms with Crippen LogP contribution in [0.25, 0.3) is 10.9 Å². The first-order chi connectivity index (χ1) is 13.9. The molecule has 0 bridgehead atoms. The molecular formula is C22H25ClN2O4S. The summed E-state index contributed by atoms with van der Waals surface area (Å²) < 4.78 is 33.2. The molecule has 160 valence electrons. The number of carbonyl (C=O) groups excluding carboxylic acids is 1. The normalized spacial score (nSPS) is 12.4. The first-order valence-electron chi connectivity index (χ1n) is 9.54. The quantitative estimate of drug-likeness (QED) is 0.585. The topological polar surface area (TPSA) is 77.4 Å². The molecular weight excluding hydrogens is 424 g/mol. The number of carbonyl (C=O) groups is 1. The first kappa shape index (κ1) is 22.2. The van der Waals surface area contributed by atoms with Crippen LogP contribution in [0.2, 0.25) is 5.02 Å². The highest BCUT2D eigenvalue weighted by Gasteiger charge is 2.24. The third-order valence-corrected chi connectivity index (χ3v) is 6.51. The second-order valence-corrected chi connectivity index (χ2v) is 10.7. The van der Waals surface area contributed by atoms with E-state index in [4.69, 9.17) is 16.3 Å². The van der Waals surface area contributed by atoms with E-state index in [1.807, 2.05) is 12.1 Å². The van der Waals surface area contributed by atoms with Crippen LogP contribution in [0.3, 0.4) is 0 Å². The molecule has 0 saturated carbocycles. The van der Waals surface area contributed by atoms with Crippen molar-refractivity contribution in [2.24, 2.45) is 0 Å². The number of nitrogens with one attached hydrogen (secondary N) is 1.